The summed E-state index contributed by atoms with van der Waals surface area (Å²) in [5.41, 5.74) is 0.590. The summed E-state index contributed by atoms with van der Waals surface area (Å²) in [4.78, 5) is 37.9. The molecule has 0 aliphatic carbocycles. The number of carbonyl (C=O) groups excluding carboxylic acids is 1. The topological polar surface area (TPSA) is 131 Å². The third-order valence-corrected chi connectivity index (χ3v) is 5.86. The second-order valence-electron chi connectivity index (χ2n) is 9.44. The second-order valence-corrected chi connectivity index (χ2v) is 9.88. The highest BCUT2D eigenvalue weighted by molar-refractivity contribution is 6.31. The van der Waals surface area contributed by atoms with Gasteiger partial charge in [0, 0.05) is 40.9 Å². The summed E-state index contributed by atoms with van der Waals surface area (Å²) in [5.74, 6) is -1.32. The number of benzene rings is 2. The number of carboxylic acids is 1. The molecule has 0 saturated carbocycles. The summed E-state index contributed by atoms with van der Waals surface area (Å²) in [5, 5.41) is 21.8. The number of ether oxygens (including phenoxy) is 2. The first kappa shape index (κ1) is 28.4. The van der Waals surface area contributed by atoms with Gasteiger partial charge in [0.15, 0.2) is 0 Å². The maximum Gasteiger partial charge on any atom is 0.335 e. The number of amides is 1. The van der Waals surface area contributed by atoms with Gasteiger partial charge in [0.1, 0.15) is 11.8 Å². The molecule has 0 radical (unpaired) electrons. The quantitative estimate of drug-likeness (QED) is 0.386. The first-order valence-electron chi connectivity index (χ1n) is 11.7. The molecule has 198 valence electrons. The average Bonchev–Trinajstić information content (AvgIpc) is 2.86. The number of nitrogens with zero attached hydrogens (tertiary/aromatic N) is 2. The van der Waals surface area contributed by atoms with Gasteiger partial charge in [-0.15, -0.1) is 0 Å². The van der Waals surface area contributed by atoms with Gasteiger partial charge >= 0.3 is 5.97 Å². The van der Waals surface area contributed by atoms with E-state index in [9.17, 15) is 19.6 Å². The molecular formula is C28H28ClN3O6. The molecule has 38 heavy (non-hydrogen) atoms. The number of methoxy groups -OCH3 is 1. The monoisotopic (exact) mass is 537 g/mol. The highest BCUT2D eigenvalue weighted by Crippen LogP contribution is 2.33. The van der Waals surface area contributed by atoms with E-state index < -0.39 is 29.1 Å². The molecule has 0 bridgehead atoms. The van der Waals surface area contributed by atoms with E-state index >= 15 is 0 Å². The standard InChI is InChI=1S/C28H28ClN3O6/c1-28(2,3)38-12-11-23(26(34)31-20-9-6-17(7-10-20)27(35)36)32-16-24(37-4)22(14-25(32)33)21-13-19(29)8-5-18(21)15-30/h5-10,13-14,16,23H,11-12H2,1-4H3,(H,31,34)(H,35,36). The van der Waals surface area contributed by atoms with Gasteiger partial charge in [-0.25, -0.2) is 4.79 Å². The molecular weight excluding hydrogens is 510 g/mol. The Morgan fingerprint density at radius 1 is 1.13 bits per heavy atom. The number of anilines is 1. The number of nitriles is 1. The fraction of sp³-hybridized carbons (Fsp3) is 0.286. The molecule has 0 aliphatic rings. The SMILES string of the molecule is COc1cn(C(CCOC(C)(C)C)C(=O)Nc2ccc(C(=O)O)cc2)c(=O)cc1-c1cc(Cl)ccc1C#N. The third-order valence-electron chi connectivity index (χ3n) is 5.62. The molecule has 2 aromatic carbocycles. The van der Waals surface area contributed by atoms with E-state index in [1.165, 1.54) is 48.2 Å². The van der Waals surface area contributed by atoms with Crippen LogP contribution in [0.25, 0.3) is 11.1 Å². The highest BCUT2D eigenvalue weighted by Gasteiger charge is 2.25. The molecule has 1 heterocycles. The third kappa shape index (κ3) is 7.00. The Labute approximate surface area is 225 Å². The van der Waals surface area contributed by atoms with Crippen molar-refractivity contribution in [1.82, 2.24) is 4.57 Å². The molecule has 9 nitrogen and oxygen atoms in total. The zero-order valence-corrected chi connectivity index (χ0v) is 22.2. The number of aromatic nitrogens is 1. The first-order chi connectivity index (χ1) is 17.9. The molecule has 0 fully saturated rings. The molecule has 0 aliphatic heterocycles. The van der Waals surface area contributed by atoms with Crippen LogP contribution in [0.3, 0.4) is 0 Å². The summed E-state index contributed by atoms with van der Waals surface area (Å²) in [7, 11) is 1.42. The molecule has 1 unspecified atom stereocenters. The van der Waals surface area contributed by atoms with Crippen LogP contribution in [0.15, 0.2) is 59.5 Å². The Morgan fingerprint density at radius 2 is 1.82 bits per heavy atom. The summed E-state index contributed by atoms with van der Waals surface area (Å²) in [6.45, 7) is 5.83. The van der Waals surface area contributed by atoms with E-state index in [0.717, 1.165) is 0 Å². The van der Waals surface area contributed by atoms with Crippen molar-refractivity contribution in [2.45, 2.75) is 38.8 Å². The van der Waals surface area contributed by atoms with Crippen molar-refractivity contribution in [3.8, 4) is 22.9 Å². The van der Waals surface area contributed by atoms with Crippen molar-refractivity contribution in [1.29, 1.82) is 5.26 Å². The number of rotatable bonds is 9. The van der Waals surface area contributed by atoms with Crippen LogP contribution in [0, 0.1) is 11.3 Å². The Morgan fingerprint density at radius 3 is 2.39 bits per heavy atom. The van der Waals surface area contributed by atoms with Gasteiger partial charge in [-0.3, -0.25) is 14.2 Å². The van der Waals surface area contributed by atoms with Crippen LogP contribution in [0.5, 0.6) is 5.75 Å². The number of pyridine rings is 1. The van der Waals surface area contributed by atoms with Crippen molar-refractivity contribution >= 4 is 29.2 Å². The molecule has 1 aromatic heterocycles. The Hall–Kier alpha value is -4.13. The van der Waals surface area contributed by atoms with Gasteiger partial charge in [0.05, 0.1) is 36.1 Å². The van der Waals surface area contributed by atoms with E-state index in [1.807, 2.05) is 20.8 Å². The minimum atomic E-state index is -1.09. The van der Waals surface area contributed by atoms with Crippen molar-refractivity contribution < 1.29 is 24.2 Å². The number of aromatic carboxylic acids is 1. The zero-order chi connectivity index (χ0) is 28.0. The lowest BCUT2D eigenvalue weighted by atomic mass is 10.00. The molecule has 1 amide bonds. The van der Waals surface area contributed by atoms with E-state index in [-0.39, 0.29) is 24.3 Å². The molecule has 1 atom stereocenters. The predicted octanol–water partition coefficient (Wildman–Crippen LogP) is 5.13. The Balaban J connectivity index is 2.03. The lowest BCUT2D eigenvalue weighted by molar-refractivity contribution is -0.120. The van der Waals surface area contributed by atoms with Gasteiger partial charge in [0.2, 0.25) is 5.91 Å². The summed E-state index contributed by atoms with van der Waals surface area (Å²) in [6.07, 6.45) is 1.59. The van der Waals surface area contributed by atoms with Gasteiger partial charge in [-0.1, -0.05) is 11.6 Å². The predicted molar refractivity (Wildman–Crippen MR) is 144 cm³/mol. The van der Waals surface area contributed by atoms with E-state index in [4.69, 9.17) is 26.2 Å². The number of hydrogen-bond donors (Lipinski definition) is 2. The number of carboxylic acid groups (broad SMARTS) is 1. The van der Waals surface area contributed by atoms with Crippen LogP contribution >= 0.6 is 11.6 Å². The smallest absolute Gasteiger partial charge is 0.335 e. The molecule has 2 N–H and O–H groups in total. The van der Waals surface area contributed by atoms with E-state index in [1.54, 1.807) is 18.2 Å². The highest BCUT2D eigenvalue weighted by atomic mass is 35.5. The maximum absolute atomic E-state index is 13.4. The van der Waals surface area contributed by atoms with Gasteiger partial charge in [-0.05, 0) is 63.2 Å². The second kappa shape index (κ2) is 11.9. The number of halogens is 1. The summed E-state index contributed by atoms with van der Waals surface area (Å²) in [6, 6.07) is 12.8. The van der Waals surface area contributed by atoms with E-state index in [2.05, 4.69) is 11.4 Å². The van der Waals surface area contributed by atoms with Crippen LogP contribution in [-0.4, -0.2) is 40.9 Å². The minimum Gasteiger partial charge on any atom is -0.495 e. The molecule has 0 spiro atoms. The van der Waals surface area contributed by atoms with Crippen molar-refractivity contribution in [3.63, 3.8) is 0 Å². The van der Waals surface area contributed by atoms with Crippen LogP contribution in [0.1, 0.15) is 49.2 Å². The van der Waals surface area contributed by atoms with Gasteiger partial charge < -0.3 is 19.9 Å². The summed E-state index contributed by atoms with van der Waals surface area (Å²) < 4.78 is 12.6. The zero-order valence-electron chi connectivity index (χ0n) is 21.4. The lowest BCUT2D eigenvalue weighted by Gasteiger charge is -2.24. The largest absolute Gasteiger partial charge is 0.495 e. The van der Waals surface area contributed by atoms with Crippen LogP contribution in [-0.2, 0) is 9.53 Å². The Kier molecular flexibility index (Phi) is 8.94. The van der Waals surface area contributed by atoms with Gasteiger partial charge in [0.25, 0.3) is 5.56 Å². The molecule has 3 aromatic rings. The van der Waals surface area contributed by atoms with Crippen LogP contribution in [0.4, 0.5) is 5.69 Å². The number of carbonyl (C=O) groups is 2. The molecule has 10 heteroatoms. The summed E-state index contributed by atoms with van der Waals surface area (Å²) >= 11 is 6.15. The fourth-order valence-electron chi connectivity index (χ4n) is 3.78. The lowest BCUT2D eigenvalue weighted by Crippen LogP contribution is -2.34. The normalized spacial score (nSPS) is 11.9. The number of hydrogen-bond acceptors (Lipinski definition) is 6. The van der Waals surface area contributed by atoms with Crippen molar-refractivity contribution in [2.75, 3.05) is 19.0 Å². The van der Waals surface area contributed by atoms with E-state index in [0.29, 0.717) is 27.4 Å². The maximum atomic E-state index is 13.4. The minimum absolute atomic E-state index is 0.0763. The van der Waals surface area contributed by atoms with Crippen LogP contribution < -0.4 is 15.6 Å². The average molecular weight is 538 g/mol. The fourth-order valence-corrected chi connectivity index (χ4v) is 3.95. The van der Waals surface area contributed by atoms with Crippen molar-refractivity contribution in [3.05, 3.63) is 81.2 Å². The van der Waals surface area contributed by atoms with Crippen molar-refractivity contribution in [2.24, 2.45) is 0 Å². The molecule has 3 rings (SSSR count). The number of nitrogens with one attached hydrogen (secondary N) is 1. The Bertz CT molecular complexity index is 1430. The molecule has 0 saturated heterocycles. The first-order valence-corrected chi connectivity index (χ1v) is 12.1. The van der Waals surface area contributed by atoms with Crippen LogP contribution in [0.2, 0.25) is 5.02 Å². The van der Waals surface area contributed by atoms with Gasteiger partial charge in [-0.2, -0.15) is 5.26 Å².